The third kappa shape index (κ3) is 4.95. The number of hydrogen-bond donors (Lipinski definition) is 3. The van der Waals surface area contributed by atoms with E-state index in [-0.39, 0.29) is 38.7 Å². The van der Waals surface area contributed by atoms with Gasteiger partial charge in [-0.05, 0) is 42.3 Å². The number of carboxylic acid groups (broad SMARTS) is 1. The first kappa shape index (κ1) is 22.1. The smallest absolute Gasteiger partial charge is 0.344 e. The normalized spacial score (nSPS) is 10.6. The average Bonchev–Trinajstić information content (AvgIpc) is 2.77. The van der Waals surface area contributed by atoms with Gasteiger partial charge in [-0.2, -0.15) is 0 Å². The maximum atomic E-state index is 12.8. The van der Waals surface area contributed by atoms with Crippen molar-refractivity contribution in [3.05, 3.63) is 69.4 Å². The fraction of sp³-hybridized carbons (Fsp3) is 0.182. The van der Waals surface area contributed by atoms with Crippen LogP contribution in [0.25, 0.3) is 10.9 Å². The van der Waals surface area contributed by atoms with E-state index in [2.05, 4.69) is 10.3 Å². The van der Waals surface area contributed by atoms with Crippen molar-refractivity contribution in [2.24, 2.45) is 0 Å². The summed E-state index contributed by atoms with van der Waals surface area (Å²) in [6.45, 7) is 2.03. The van der Waals surface area contributed by atoms with E-state index < -0.39 is 17.4 Å². The van der Waals surface area contributed by atoms with Gasteiger partial charge in [0.15, 0.2) is 0 Å². The molecule has 3 N–H and O–H groups in total. The first-order chi connectivity index (χ1) is 14.8. The lowest BCUT2D eigenvalue weighted by Crippen LogP contribution is -2.21. The summed E-state index contributed by atoms with van der Waals surface area (Å²) in [5.41, 5.74) is 1.17. The number of hydrogen-bond acceptors (Lipinski definition) is 6. The van der Waals surface area contributed by atoms with Crippen LogP contribution in [0.3, 0.4) is 0 Å². The van der Waals surface area contributed by atoms with Crippen LogP contribution in [0.4, 0.5) is 5.69 Å². The summed E-state index contributed by atoms with van der Waals surface area (Å²) in [5, 5.41) is 12.2. The van der Waals surface area contributed by atoms with Gasteiger partial charge in [0.1, 0.15) is 5.56 Å². The highest BCUT2D eigenvalue weighted by molar-refractivity contribution is 8.00. The SMILES string of the molecule is CCc1ccc(NC(=O)CSc2[nH]c3cc(C(=O)O)ccc3c(=O)c2C(=O)OC)cc1. The van der Waals surface area contributed by atoms with Crippen LogP contribution in [0.15, 0.2) is 52.3 Å². The Labute approximate surface area is 181 Å². The Morgan fingerprint density at radius 3 is 2.45 bits per heavy atom. The summed E-state index contributed by atoms with van der Waals surface area (Å²) >= 11 is 0.953. The van der Waals surface area contributed by atoms with Crippen molar-refractivity contribution in [3.63, 3.8) is 0 Å². The third-order valence-electron chi connectivity index (χ3n) is 4.60. The van der Waals surface area contributed by atoms with E-state index in [0.29, 0.717) is 5.69 Å². The number of benzene rings is 2. The van der Waals surface area contributed by atoms with Crippen LogP contribution in [0, 0.1) is 0 Å². The van der Waals surface area contributed by atoms with E-state index in [9.17, 15) is 24.3 Å². The number of H-pyrrole nitrogens is 1. The fourth-order valence-electron chi connectivity index (χ4n) is 2.96. The number of nitrogens with one attached hydrogen (secondary N) is 2. The number of pyridine rings is 1. The van der Waals surface area contributed by atoms with Gasteiger partial charge in [0.2, 0.25) is 11.3 Å². The Hall–Kier alpha value is -3.59. The second kappa shape index (κ2) is 9.48. The largest absolute Gasteiger partial charge is 0.478 e. The summed E-state index contributed by atoms with van der Waals surface area (Å²) < 4.78 is 4.73. The number of carbonyl (C=O) groups is 3. The van der Waals surface area contributed by atoms with Gasteiger partial charge in [-0.15, -0.1) is 0 Å². The number of anilines is 1. The van der Waals surface area contributed by atoms with Crippen molar-refractivity contribution in [2.45, 2.75) is 18.4 Å². The fourth-order valence-corrected chi connectivity index (χ4v) is 3.81. The second-order valence-electron chi connectivity index (χ2n) is 6.60. The van der Waals surface area contributed by atoms with E-state index >= 15 is 0 Å². The Bertz CT molecular complexity index is 1220. The summed E-state index contributed by atoms with van der Waals surface area (Å²) in [5.74, 6) is -2.41. The molecule has 0 saturated carbocycles. The number of amides is 1. The number of carboxylic acids is 1. The van der Waals surface area contributed by atoms with Crippen LogP contribution in [0.1, 0.15) is 33.2 Å². The minimum atomic E-state index is -1.15. The molecule has 0 spiro atoms. The molecule has 0 aliphatic heterocycles. The minimum absolute atomic E-state index is 0.0156. The van der Waals surface area contributed by atoms with Gasteiger partial charge in [0, 0.05) is 11.1 Å². The highest BCUT2D eigenvalue weighted by atomic mass is 32.2. The van der Waals surface area contributed by atoms with Gasteiger partial charge in [-0.25, -0.2) is 9.59 Å². The van der Waals surface area contributed by atoms with Gasteiger partial charge < -0.3 is 20.1 Å². The molecule has 0 aliphatic rings. The van der Waals surface area contributed by atoms with Crippen LogP contribution in [-0.4, -0.2) is 40.8 Å². The summed E-state index contributed by atoms with van der Waals surface area (Å²) in [4.78, 5) is 51.6. The molecule has 3 aromatic rings. The molecule has 2 aromatic carbocycles. The molecule has 31 heavy (non-hydrogen) atoms. The molecule has 1 amide bonds. The number of rotatable bonds is 7. The first-order valence-corrected chi connectivity index (χ1v) is 10.4. The standard InChI is InChI=1S/C22H20N2O6S/c1-3-12-4-7-14(8-5-12)23-17(25)11-31-20-18(22(29)30-2)19(26)15-9-6-13(21(27)28)10-16(15)24-20/h4-10H,3,11H2,1-2H3,(H,23,25)(H,24,26)(H,27,28). The van der Waals surface area contributed by atoms with Gasteiger partial charge in [0.05, 0.1) is 29.0 Å². The number of fused-ring (bicyclic) bond motifs is 1. The number of aryl methyl sites for hydroxylation is 1. The Kier molecular flexibility index (Phi) is 6.76. The molecule has 0 atom stereocenters. The number of ether oxygens (including phenoxy) is 1. The van der Waals surface area contributed by atoms with Gasteiger partial charge in [0.25, 0.3) is 0 Å². The second-order valence-corrected chi connectivity index (χ2v) is 7.59. The predicted molar refractivity (Wildman–Crippen MR) is 118 cm³/mol. The number of carbonyl (C=O) groups excluding carboxylic acids is 2. The zero-order valence-corrected chi connectivity index (χ0v) is 17.7. The summed E-state index contributed by atoms with van der Waals surface area (Å²) in [7, 11) is 1.15. The van der Waals surface area contributed by atoms with Crippen LogP contribution in [-0.2, 0) is 16.0 Å². The molecule has 3 rings (SSSR count). The van der Waals surface area contributed by atoms with Crippen molar-refractivity contribution in [3.8, 4) is 0 Å². The first-order valence-electron chi connectivity index (χ1n) is 9.37. The van der Waals surface area contributed by atoms with Crippen LogP contribution in [0.2, 0.25) is 0 Å². The molecule has 0 aliphatic carbocycles. The monoisotopic (exact) mass is 440 g/mol. The highest BCUT2D eigenvalue weighted by Gasteiger charge is 2.21. The lowest BCUT2D eigenvalue weighted by atomic mass is 10.1. The Balaban J connectivity index is 1.89. The maximum Gasteiger partial charge on any atom is 0.344 e. The van der Waals surface area contributed by atoms with Crippen LogP contribution >= 0.6 is 11.8 Å². The molecule has 1 heterocycles. The number of aromatic amines is 1. The minimum Gasteiger partial charge on any atom is -0.478 e. The maximum absolute atomic E-state index is 12.8. The zero-order valence-electron chi connectivity index (χ0n) is 16.9. The molecule has 8 nitrogen and oxygen atoms in total. The molecule has 0 fully saturated rings. The molecule has 0 bridgehead atoms. The summed E-state index contributed by atoms with van der Waals surface area (Å²) in [6, 6.07) is 11.4. The van der Waals surface area contributed by atoms with Crippen molar-refractivity contribution in [1.29, 1.82) is 0 Å². The topological polar surface area (TPSA) is 126 Å². The molecule has 0 saturated heterocycles. The zero-order chi connectivity index (χ0) is 22.5. The molecule has 0 radical (unpaired) electrons. The number of esters is 1. The summed E-state index contributed by atoms with van der Waals surface area (Å²) in [6.07, 6.45) is 0.888. The van der Waals surface area contributed by atoms with Gasteiger partial charge >= 0.3 is 11.9 Å². The van der Waals surface area contributed by atoms with Crippen LogP contribution < -0.4 is 10.7 Å². The van der Waals surface area contributed by atoms with E-state index in [1.165, 1.54) is 18.2 Å². The van der Waals surface area contributed by atoms with Crippen molar-refractivity contribution in [1.82, 2.24) is 4.98 Å². The quantitative estimate of drug-likeness (QED) is 0.380. The number of thioether (sulfide) groups is 1. The number of aromatic carboxylic acids is 1. The molecule has 1 aromatic heterocycles. The lowest BCUT2D eigenvalue weighted by Gasteiger charge is -2.11. The Morgan fingerprint density at radius 1 is 1.13 bits per heavy atom. The number of methoxy groups -OCH3 is 1. The molecular formula is C22H20N2O6S. The predicted octanol–water partition coefficient (Wildman–Crippen LogP) is 3.31. The molecule has 9 heteroatoms. The molecule has 160 valence electrons. The lowest BCUT2D eigenvalue weighted by molar-refractivity contribution is -0.113. The van der Waals surface area contributed by atoms with E-state index in [0.717, 1.165) is 30.9 Å². The Morgan fingerprint density at radius 2 is 1.84 bits per heavy atom. The van der Waals surface area contributed by atoms with Crippen molar-refractivity contribution >= 4 is 46.2 Å². The third-order valence-corrected chi connectivity index (χ3v) is 5.60. The molecular weight excluding hydrogens is 420 g/mol. The number of aromatic nitrogens is 1. The van der Waals surface area contributed by atoms with Crippen molar-refractivity contribution < 1.29 is 24.2 Å². The average molecular weight is 440 g/mol. The van der Waals surface area contributed by atoms with Crippen molar-refractivity contribution in [2.75, 3.05) is 18.2 Å². The van der Waals surface area contributed by atoms with Crippen LogP contribution in [0.5, 0.6) is 0 Å². The van der Waals surface area contributed by atoms with E-state index in [1.54, 1.807) is 12.1 Å². The van der Waals surface area contributed by atoms with E-state index in [4.69, 9.17) is 4.74 Å². The highest BCUT2D eigenvalue weighted by Crippen LogP contribution is 2.23. The van der Waals surface area contributed by atoms with Gasteiger partial charge in [-0.1, -0.05) is 30.8 Å². The molecule has 0 unspecified atom stereocenters. The van der Waals surface area contributed by atoms with Gasteiger partial charge in [-0.3, -0.25) is 9.59 Å². The van der Waals surface area contributed by atoms with E-state index in [1.807, 2.05) is 19.1 Å².